The van der Waals surface area contributed by atoms with Crippen LogP contribution in [0.5, 0.6) is 0 Å². The summed E-state index contributed by atoms with van der Waals surface area (Å²) in [5, 5.41) is 7.60. The van der Waals surface area contributed by atoms with Crippen molar-refractivity contribution >= 4 is 17.6 Å². The highest BCUT2D eigenvalue weighted by Gasteiger charge is 2.11. The molecule has 0 unspecified atom stereocenters. The number of anilines is 1. The van der Waals surface area contributed by atoms with Crippen LogP contribution in [0.3, 0.4) is 0 Å². The maximum atomic E-state index is 11.6. The van der Waals surface area contributed by atoms with Gasteiger partial charge in [-0.2, -0.15) is 0 Å². The number of methoxy groups -OCH3 is 1. The van der Waals surface area contributed by atoms with Crippen molar-refractivity contribution < 1.29 is 4.74 Å². The Kier molecular flexibility index (Phi) is 4.74. The van der Waals surface area contributed by atoms with E-state index in [-0.39, 0.29) is 12.3 Å². The van der Waals surface area contributed by atoms with E-state index in [4.69, 9.17) is 10.5 Å². The molecule has 9 heteroatoms. The third kappa shape index (κ3) is 3.36. The molecular weight excluding hydrogens is 280 g/mol. The van der Waals surface area contributed by atoms with E-state index in [1.807, 2.05) is 6.92 Å². The lowest BCUT2D eigenvalue weighted by molar-refractivity contribution is 0.177. The molecule has 2 rings (SSSR count). The zero-order chi connectivity index (χ0) is 14.5. The van der Waals surface area contributed by atoms with Gasteiger partial charge >= 0.3 is 5.69 Å². The predicted octanol–water partition coefficient (Wildman–Crippen LogP) is 0.651. The average molecular weight is 296 g/mol. The number of ether oxygens (including phenoxy) is 1. The molecule has 2 heterocycles. The highest BCUT2D eigenvalue weighted by Crippen LogP contribution is 2.24. The molecule has 20 heavy (non-hydrogen) atoms. The Bertz CT molecular complexity index is 638. The first-order chi connectivity index (χ1) is 9.63. The van der Waals surface area contributed by atoms with Gasteiger partial charge in [-0.15, -0.1) is 5.10 Å². The summed E-state index contributed by atoms with van der Waals surface area (Å²) in [5.41, 5.74) is 5.50. The van der Waals surface area contributed by atoms with Gasteiger partial charge in [-0.3, -0.25) is 4.57 Å². The monoisotopic (exact) mass is 296 g/mol. The molecule has 0 saturated carbocycles. The number of nitrogen functional groups attached to an aromatic ring is 1. The number of rotatable bonds is 6. The topological polar surface area (TPSA) is 112 Å². The van der Waals surface area contributed by atoms with Gasteiger partial charge in [0.25, 0.3) is 0 Å². The Hall–Kier alpha value is -1.87. The van der Waals surface area contributed by atoms with Gasteiger partial charge in [0.2, 0.25) is 0 Å². The first kappa shape index (κ1) is 14.5. The number of aromatic nitrogens is 5. The van der Waals surface area contributed by atoms with Gasteiger partial charge in [0, 0.05) is 19.7 Å². The first-order valence-electron chi connectivity index (χ1n) is 6.09. The van der Waals surface area contributed by atoms with Gasteiger partial charge in [-0.25, -0.2) is 19.9 Å². The summed E-state index contributed by atoms with van der Waals surface area (Å²) in [5.74, 6) is 0.851. The van der Waals surface area contributed by atoms with E-state index in [1.54, 1.807) is 17.7 Å². The third-order valence-electron chi connectivity index (χ3n) is 2.41. The molecule has 0 bridgehead atoms. The SMILES string of the molecule is CCCn1c(Sc2cc(N)nc(COC)n2)n[nH]c1=O. The Morgan fingerprint density at radius 1 is 1.50 bits per heavy atom. The lowest BCUT2D eigenvalue weighted by atomic mass is 10.5. The number of nitrogens with zero attached hydrogens (tertiary/aromatic N) is 4. The molecule has 0 atom stereocenters. The average Bonchev–Trinajstić information content (AvgIpc) is 2.72. The number of nitrogens with one attached hydrogen (secondary N) is 1. The first-order valence-corrected chi connectivity index (χ1v) is 6.91. The second-order valence-corrected chi connectivity index (χ2v) is 5.03. The van der Waals surface area contributed by atoms with Gasteiger partial charge in [0.1, 0.15) is 17.5 Å². The molecule has 8 nitrogen and oxygen atoms in total. The van der Waals surface area contributed by atoms with E-state index < -0.39 is 0 Å². The van der Waals surface area contributed by atoms with Gasteiger partial charge in [-0.05, 0) is 18.2 Å². The van der Waals surface area contributed by atoms with Gasteiger partial charge < -0.3 is 10.5 Å². The van der Waals surface area contributed by atoms with Gasteiger partial charge in [0.05, 0.1) is 0 Å². The molecule has 0 aliphatic heterocycles. The van der Waals surface area contributed by atoms with Crippen molar-refractivity contribution in [2.75, 3.05) is 12.8 Å². The summed E-state index contributed by atoms with van der Waals surface area (Å²) in [4.78, 5) is 20.0. The minimum atomic E-state index is -0.228. The number of aromatic amines is 1. The van der Waals surface area contributed by atoms with Crippen LogP contribution in [0.15, 0.2) is 21.0 Å². The molecule has 0 fully saturated rings. The molecule has 0 aliphatic carbocycles. The minimum absolute atomic E-state index is 0.228. The highest BCUT2D eigenvalue weighted by atomic mass is 32.2. The second kappa shape index (κ2) is 6.53. The molecule has 108 valence electrons. The molecule has 0 spiro atoms. The van der Waals surface area contributed by atoms with Crippen molar-refractivity contribution in [1.82, 2.24) is 24.7 Å². The predicted molar refractivity (Wildman–Crippen MR) is 74.4 cm³/mol. The summed E-state index contributed by atoms with van der Waals surface area (Å²) in [6, 6.07) is 1.64. The molecule has 0 aliphatic rings. The Morgan fingerprint density at radius 2 is 2.30 bits per heavy atom. The van der Waals surface area contributed by atoms with E-state index in [9.17, 15) is 4.79 Å². The zero-order valence-corrected chi connectivity index (χ0v) is 12.1. The second-order valence-electron chi connectivity index (χ2n) is 4.05. The Labute approximate surface area is 119 Å². The minimum Gasteiger partial charge on any atom is -0.384 e. The number of hydrogen-bond acceptors (Lipinski definition) is 7. The highest BCUT2D eigenvalue weighted by molar-refractivity contribution is 7.99. The van der Waals surface area contributed by atoms with E-state index >= 15 is 0 Å². The zero-order valence-electron chi connectivity index (χ0n) is 11.3. The van der Waals surface area contributed by atoms with Crippen LogP contribution in [-0.2, 0) is 17.9 Å². The van der Waals surface area contributed by atoms with Crippen LogP contribution >= 0.6 is 11.8 Å². The maximum absolute atomic E-state index is 11.6. The molecule has 0 amide bonds. The third-order valence-corrected chi connectivity index (χ3v) is 3.32. The molecule has 2 aromatic heterocycles. The number of nitrogens with two attached hydrogens (primary N) is 1. The van der Waals surface area contributed by atoms with Crippen LogP contribution < -0.4 is 11.4 Å². The normalized spacial score (nSPS) is 10.9. The number of hydrogen-bond donors (Lipinski definition) is 2. The van der Waals surface area contributed by atoms with E-state index in [1.165, 1.54) is 11.8 Å². The summed E-state index contributed by atoms with van der Waals surface area (Å²) >= 11 is 1.26. The van der Waals surface area contributed by atoms with E-state index in [0.717, 1.165) is 6.42 Å². The number of H-pyrrole nitrogens is 1. The molecular formula is C11H16N6O2S. The molecule has 2 aromatic rings. The maximum Gasteiger partial charge on any atom is 0.343 e. The van der Waals surface area contributed by atoms with E-state index in [0.29, 0.717) is 28.4 Å². The molecule has 3 N–H and O–H groups in total. The Balaban J connectivity index is 2.27. The summed E-state index contributed by atoms with van der Waals surface area (Å²) < 4.78 is 6.56. The standard InChI is InChI=1S/C11H16N6O2S/c1-3-4-17-10(18)15-16-11(17)20-9-5-7(12)13-8(14-9)6-19-2/h5H,3-4,6H2,1-2H3,(H,15,18)(H2,12,13,14). The molecule has 0 aromatic carbocycles. The Morgan fingerprint density at radius 3 is 3.00 bits per heavy atom. The van der Waals surface area contributed by atoms with Crippen molar-refractivity contribution in [3.8, 4) is 0 Å². The van der Waals surface area contributed by atoms with Crippen molar-refractivity contribution in [1.29, 1.82) is 0 Å². The van der Waals surface area contributed by atoms with Crippen LogP contribution in [0, 0.1) is 0 Å². The van der Waals surface area contributed by atoms with Crippen LogP contribution in [0.25, 0.3) is 0 Å². The smallest absolute Gasteiger partial charge is 0.343 e. The van der Waals surface area contributed by atoms with Crippen LogP contribution in [-0.4, -0.2) is 31.8 Å². The van der Waals surface area contributed by atoms with Crippen molar-refractivity contribution in [3.63, 3.8) is 0 Å². The largest absolute Gasteiger partial charge is 0.384 e. The molecule has 0 saturated heterocycles. The van der Waals surface area contributed by atoms with Gasteiger partial charge in [-0.1, -0.05) is 6.92 Å². The molecule has 0 radical (unpaired) electrons. The lowest BCUT2D eigenvalue weighted by Crippen LogP contribution is -2.17. The summed E-state index contributed by atoms with van der Waals surface area (Å²) in [7, 11) is 1.56. The van der Waals surface area contributed by atoms with Gasteiger partial charge in [0.15, 0.2) is 11.0 Å². The summed E-state index contributed by atoms with van der Waals surface area (Å²) in [6.07, 6.45) is 0.841. The quantitative estimate of drug-likeness (QED) is 0.753. The van der Waals surface area contributed by atoms with Crippen LogP contribution in [0.2, 0.25) is 0 Å². The fourth-order valence-electron chi connectivity index (χ4n) is 1.63. The van der Waals surface area contributed by atoms with Crippen LogP contribution in [0.4, 0.5) is 5.82 Å². The van der Waals surface area contributed by atoms with Crippen molar-refractivity contribution in [3.05, 3.63) is 22.4 Å². The lowest BCUT2D eigenvalue weighted by Gasteiger charge is -2.05. The van der Waals surface area contributed by atoms with Crippen LogP contribution in [0.1, 0.15) is 19.2 Å². The summed E-state index contributed by atoms with van der Waals surface area (Å²) in [6.45, 7) is 2.87. The fourth-order valence-corrected chi connectivity index (χ4v) is 2.53. The van der Waals surface area contributed by atoms with Crippen molar-refractivity contribution in [2.24, 2.45) is 0 Å². The van der Waals surface area contributed by atoms with E-state index in [2.05, 4.69) is 20.2 Å². The fraction of sp³-hybridized carbons (Fsp3) is 0.455. The van der Waals surface area contributed by atoms with Crippen molar-refractivity contribution in [2.45, 2.75) is 36.7 Å².